The normalized spacial score (nSPS) is 21.4. The molecule has 2 N–H and O–H groups in total. The topological polar surface area (TPSA) is 41.1 Å². The molecule has 1 unspecified atom stereocenters. The highest BCUT2D eigenvalue weighted by atomic mass is 32.1. The number of hydrogen-bond acceptors (Lipinski definition) is 3. The van der Waals surface area contributed by atoms with Crippen molar-refractivity contribution >= 4 is 17.2 Å². The van der Waals surface area contributed by atoms with E-state index < -0.39 is 0 Å². The van der Waals surface area contributed by atoms with Crippen LogP contribution in [0, 0.1) is 0 Å². The minimum atomic E-state index is 0.161. The summed E-state index contributed by atoms with van der Waals surface area (Å²) in [6.07, 6.45) is 3.84. The number of rotatable bonds is 3. The number of carbonyl (C=O) groups is 1. The van der Waals surface area contributed by atoms with Gasteiger partial charge in [0, 0.05) is 10.9 Å². The summed E-state index contributed by atoms with van der Waals surface area (Å²) >= 11 is 1.64. The quantitative estimate of drug-likeness (QED) is 0.839. The van der Waals surface area contributed by atoms with Gasteiger partial charge in [0.25, 0.3) is 0 Å². The van der Waals surface area contributed by atoms with E-state index in [0.29, 0.717) is 12.5 Å². The van der Waals surface area contributed by atoms with Crippen molar-refractivity contribution in [2.45, 2.75) is 31.7 Å². The van der Waals surface area contributed by atoms with Crippen molar-refractivity contribution < 1.29 is 4.79 Å². The Morgan fingerprint density at radius 2 is 2.44 bits per heavy atom. The standard InChI is InChI=1S/C12H18N2OS/c15-12(9-11-4-2-8-16-11)14-10-3-1-6-13-7-5-10/h2,4,8,10,13H,1,3,5-7,9H2,(H,14,15). The zero-order valence-electron chi connectivity index (χ0n) is 9.37. The number of thiophene rings is 1. The first-order valence-electron chi connectivity index (χ1n) is 5.87. The first-order chi connectivity index (χ1) is 7.84. The van der Waals surface area contributed by atoms with Crippen LogP contribution in [0.5, 0.6) is 0 Å². The van der Waals surface area contributed by atoms with Gasteiger partial charge in [0.05, 0.1) is 6.42 Å². The Bertz CT molecular complexity index is 316. The zero-order valence-corrected chi connectivity index (χ0v) is 10.2. The molecule has 1 aromatic heterocycles. The van der Waals surface area contributed by atoms with Crippen LogP contribution in [0.3, 0.4) is 0 Å². The Kier molecular flexibility index (Phi) is 4.36. The molecule has 4 heteroatoms. The second kappa shape index (κ2) is 6.01. The lowest BCUT2D eigenvalue weighted by atomic mass is 10.1. The lowest BCUT2D eigenvalue weighted by Gasteiger charge is -2.15. The van der Waals surface area contributed by atoms with Crippen LogP contribution in [-0.2, 0) is 11.2 Å². The third kappa shape index (κ3) is 3.61. The summed E-state index contributed by atoms with van der Waals surface area (Å²) in [6, 6.07) is 4.37. The lowest BCUT2D eigenvalue weighted by Crippen LogP contribution is -2.36. The molecule has 1 saturated heterocycles. The highest BCUT2D eigenvalue weighted by Gasteiger charge is 2.14. The van der Waals surface area contributed by atoms with Gasteiger partial charge in [0.2, 0.25) is 5.91 Å². The second-order valence-corrected chi connectivity index (χ2v) is 5.23. The van der Waals surface area contributed by atoms with E-state index in [-0.39, 0.29) is 5.91 Å². The summed E-state index contributed by atoms with van der Waals surface area (Å²) < 4.78 is 0. The summed E-state index contributed by atoms with van der Waals surface area (Å²) in [6.45, 7) is 2.10. The van der Waals surface area contributed by atoms with Crippen LogP contribution >= 0.6 is 11.3 Å². The van der Waals surface area contributed by atoms with Gasteiger partial charge in [-0.2, -0.15) is 0 Å². The molecular weight excluding hydrogens is 220 g/mol. The predicted octanol–water partition coefficient (Wildman–Crippen LogP) is 1.55. The third-order valence-corrected chi connectivity index (χ3v) is 3.73. The molecular formula is C12H18N2OS. The van der Waals surface area contributed by atoms with E-state index in [4.69, 9.17) is 0 Å². The van der Waals surface area contributed by atoms with Gasteiger partial charge in [-0.3, -0.25) is 4.79 Å². The van der Waals surface area contributed by atoms with Crippen molar-refractivity contribution in [2.75, 3.05) is 13.1 Å². The van der Waals surface area contributed by atoms with Crippen LogP contribution in [0.4, 0.5) is 0 Å². The summed E-state index contributed by atoms with van der Waals surface area (Å²) in [4.78, 5) is 12.9. The molecule has 0 aliphatic carbocycles. The molecule has 0 spiro atoms. The first kappa shape index (κ1) is 11.6. The highest BCUT2D eigenvalue weighted by Crippen LogP contribution is 2.10. The van der Waals surface area contributed by atoms with Crippen molar-refractivity contribution in [3.63, 3.8) is 0 Å². The number of nitrogens with one attached hydrogen (secondary N) is 2. The van der Waals surface area contributed by atoms with E-state index in [1.165, 1.54) is 0 Å². The minimum Gasteiger partial charge on any atom is -0.353 e. The maximum atomic E-state index is 11.8. The Labute approximate surface area is 100 Å². The van der Waals surface area contributed by atoms with Crippen molar-refractivity contribution in [3.05, 3.63) is 22.4 Å². The maximum Gasteiger partial charge on any atom is 0.225 e. The van der Waals surface area contributed by atoms with Crippen molar-refractivity contribution in [1.82, 2.24) is 10.6 Å². The molecule has 1 fully saturated rings. The zero-order chi connectivity index (χ0) is 11.2. The Morgan fingerprint density at radius 3 is 3.25 bits per heavy atom. The number of hydrogen-bond donors (Lipinski definition) is 2. The fraction of sp³-hybridized carbons (Fsp3) is 0.583. The summed E-state index contributed by atoms with van der Waals surface area (Å²) in [7, 11) is 0. The van der Waals surface area contributed by atoms with E-state index in [9.17, 15) is 4.79 Å². The fourth-order valence-corrected chi connectivity index (χ4v) is 2.72. The molecule has 1 amide bonds. The Balaban J connectivity index is 1.77. The van der Waals surface area contributed by atoms with Crippen molar-refractivity contribution in [3.8, 4) is 0 Å². The van der Waals surface area contributed by atoms with Gasteiger partial charge in [-0.1, -0.05) is 6.07 Å². The average molecular weight is 238 g/mol. The van der Waals surface area contributed by atoms with E-state index >= 15 is 0 Å². The maximum absolute atomic E-state index is 11.8. The molecule has 1 aliphatic rings. The molecule has 0 bridgehead atoms. The minimum absolute atomic E-state index is 0.161. The third-order valence-electron chi connectivity index (χ3n) is 2.86. The van der Waals surface area contributed by atoms with Gasteiger partial charge >= 0.3 is 0 Å². The average Bonchev–Trinajstić information content (AvgIpc) is 2.62. The molecule has 1 aromatic rings. The Hall–Kier alpha value is -0.870. The van der Waals surface area contributed by atoms with Crippen LogP contribution in [0.1, 0.15) is 24.1 Å². The molecule has 1 atom stereocenters. The Morgan fingerprint density at radius 1 is 1.50 bits per heavy atom. The molecule has 2 rings (SSSR count). The summed E-state index contributed by atoms with van der Waals surface area (Å²) in [5.41, 5.74) is 0. The highest BCUT2D eigenvalue weighted by molar-refractivity contribution is 7.10. The van der Waals surface area contributed by atoms with Gasteiger partial charge in [0.15, 0.2) is 0 Å². The summed E-state index contributed by atoms with van der Waals surface area (Å²) in [5.74, 6) is 0.161. The monoisotopic (exact) mass is 238 g/mol. The second-order valence-electron chi connectivity index (χ2n) is 4.20. The molecule has 2 heterocycles. The van der Waals surface area contributed by atoms with Gasteiger partial charge in [0.1, 0.15) is 0 Å². The van der Waals surface area contributed by atoms with E-state index in [2.05, 4.69) is 10.6 Å². The van der Waals surface area contributed by atoms with Gasteiger partial charge in [-0.05, 0) is 43.8 Å². The predicted molar refractivity (Wildman–Crippen MR) is 66.7 cm³/mol. The molecule has 0 saturated carbocycles. The molecule has 16 heavy (non-hydrogen) atoms. The smallest absolute Gasteiger partial charge is 0.225 e. The molecule has 88 valence electrons. The van der Waals surface area contributed by atoms with Crippen molar-refractivity contribution in [2.24, 2.45) is 0 Å². The number of carbonyl (C=O) groups excluding carboxylic acids is 1. The van der Waals surface area contributed by atoms with Crippen LogP contribution in [0.15, 0.2) is 17.5 Å². The van der Waals surface area contributed by atoms with E-state index in [0.717, 1.165) is 37.2 Å². The first-order valence-corrected chi connectivity index (χ1v) is 6.75. The molecule has 0 radical (unpaired) electrons. The summed E-state index contributed by atoms with van der Waals surface area (Å²) in [5, 5.41) is 8.48. The van der Waals surface area contributed by atoms with Crippen LogP contribution in [-0.4, -0.2) is 25.0 Å². The van der Waals surface area contributed by atoms with E-state index in [1.54, 1.807) is 11.3 Å². The lowest BCUT2D eigenvalue weighted by molar-refractivity contribution is -0.121. The van der Waals surface area contributed by atoms with Gasteiger partial charge in [-0.15, -0.1) is 11.3 Å². The molecule has 0 aromatic carbocycles. The molecule has 3 nitrogen and oxygen atoms in total. The van der Waals surface area contributed by atoms with Gasteiger partial charge < -0.3 is 10.6 Å². The SMILES string of the molecule is O=C(Cc1cccs1)NC1CCCNCC1. The largest absolute Gasteiger partial charge is 0.353 e. The molecule has 1 aliphatic heterocycles. The number of amides is 1. The van der Waals surface area contributed by atoms with E-state index in [1.807, 2.05) is 17.5 Å². The fourth-order valence-electron chi connectivity index (χ4n) is 2.01. The van der Waals surface area contributed by atoms with Crippen LogP contribution < -0.4 is 10.6 Å². The van der Waals surface area contributed by atoms with Crippen LogP contribution in [0.25, 0.3) is 0 Å². The van der Waals surface area contributed by atoms with Crippen LogP contribution in [0.2, 0.25) is 0 Å². The van der Waals surface area contributed by atoms with Gasteiger partial charge in [-0.25, -0.2) is 0 Å². The van der Waals surface area contributed by atoms with Crippen molar-refractivity contribution in [1.29, 1.82) is 0 Å².